The van der Waals surface area contributed by atoms with Crippen molar-refractivity contribution >= 4 is 54.0 Å². The van der Waals surface area contributed by atoms with Crippen molar-refractivity contribution in [3.05, 3.63) is 39.3 Å². The molecule has 3 rings (SSSR count). The van der Waals surface area contributed by atoms with Crippen LogP contribution in [0.1, 0.15) is 5.01 Å². The Morgan fingerprint density at radius 3 is 3.11 bits per heavy atom. The Balaban J connectivity index is 1.67. The molecule has 3 aromatic rings. The van der Waals surface area contributed by atoms with Crippen molar-refractivity contribution in [1.82, 2.24) is 9.97 Å². The number of fused-ring (bicyclic) bond motifs is 1. The maximum atomic E-state index is 4.54. The van der Waals surface area contributed by atoms with Crippen LogP contribution in [0.2, 0.25) is 0 Å². The third-order valence-corrected chi connectivity index (χ3v) is 4.76. The van der Waals surface area contributed by atoms with E-state index in [1.165, 1.54) is 4.70 Å². The molecule has 0 saturated heterocycles. The summed E-state index contributed by atoms with van der Waals surface area (Å²) in [6, 6.07) is 6.14. The number of thiazole rings is 2. The molecule has 0 atom stereocenters. The second kappa shape index (κ2) is 5.34. The average Bonchev–Trinajstić information content (AvgIpc) is 2.97. The number of hydrogen-bond donors (Lipinski definition) is 1. The monoisotopic (exact) mass is 339 g/mol. The van der Waals surface area contributed by atoms with E-state index in [1.807, 2.05) is 23.7 Å². The standard InChI is InChI=1S/C12H10BrN3S2/c13-8-1-2-9-10(7-8)18-12(16-9)15-4-3-11-14-5-6-17-11/h1-2,5-7H,3-4H2,(H,15,16). The number of hydrogen-bond acceptors (Lipinski definition) is 5. The number of rotatable bonds is 4. The smallest absolute Gasteiger partial charge is 0.183 e. The predicted octanol–water partition coefficient (Wildman–Crippen LogP) is 4.17. The molecule has 0 aliphatic carbocycles. The van der Waals surface area contributed by atoms with Crippen LogP contribution in [0.15, 0.2) is 34.2 Å². The molecule has 2 aromatic heterocycles. The van der Waals surface area contributed by atoms with Gasteiger partial charge in [0.15, 0.2) is 5.13 Å². The Bertz CT molecular complexity index is 648. The fraction of sp³-hybridized carbons (Fsp3) is 0.167. The minimum atomic E-state index is 0.870. The number of aromatic nitrogens is 2. The topological polar surface area (TPSA) is 37.8 Å². The highest BCUT2D eigenvalue weighted by molar-refractivity contribution is 9.10. The van der Waals surface area contributed by atoms with Gasteiger partial charge < -0.3 is 5.32 Å². The molecule has 0 saturated carbocycles. The van der Waals surface area contributed by atoms with Crippen molar-refractivity contribution in [3.63, 3.8) is 0 Å². The zero-order valence-electron chi connectivity index (χ0n) is 9.39. The second-order valence-electron chi connectivity index (χ2n) is 3.73. The number of nitrogens with one attached hydrogen (secondary N) is 1. The summed E-state index contributed by atoms with van der Waals surface area (Å²) in [7, 11) is 0. The van der Waals surface area contributed by atoms with E-state index >= 15 is 0 Å². The van der Waals surface area contributed by atoms with Crippen LogP contribution in [0, 0.1) is 0 Å². The zero-order valence-corrected chi connectivity index (χ0v) is 12.6. The number of halogens is 1. The lowest BCUT2D eigenvalue weighted by Crippen LogP contribution is -2.03. The van der Waals surface area contributed by atoms with Crippen molar-refractivity contribution in [3.8, 4) is 0 Å². The van der Waals surface area contributed by atoms with Crippen LogP contribution >= 0.6 is 38.6 Å². The van der Waals surface area contributed by atoms with Gasteiger partial charge in [-0.3, -0.25) is 0 Å². The quantitative estimate of drug-likeness (QED) is 0.775. The summed E-state index contributed by atoms with van der Waals surface area (Å²) in [5.74, 6) is 0. The van der Waals surface area contributed by atoms with E-state index in [0.717, 1.165) is 33.1 Å². The highest BCUT2D eigenvalue weighted by Gasteiger charge is 2.04. The Kier molecular flexibility index (Phi) is 3.58. The molecule has 2 heterocycles. The fourth-order valence-electron chi connectivity index (χ4n) is 1.63. The lowest BCUT2D eigenvalue weighted by atomic mass is 10.3. The zero-order chi connectivity index (χ0) is 12.4. The summed E-state index contributed by atoms with van der Waals surface area (Å²) in [5.41, 5.74) is 1.04. The number of benzene rings is 1. The van der Waals surface area contributed by atoms with Gasteiger partial charge in [-0.15, -0.1) is 11.3 Å². The molecule has 0 radical (unpaired) electrons. The summed E-state index contributed by atoms with van der Waals surface area (Å²) >= 11 is 6.84. The van der Waals surface area contributed by atoms with E-state index in [9.17, 15) is 0 Å². The maximum Gasteiger partial charge on any atom is 0.183 e. The molecule has 0 aliphatic heterocycles. The first-order chi connectivity index (χ1) is 8.81. The van der Waals surface area contributed by atoms with Gasteiger partial charge in [0, 0.05) is 29.0 Å². The van der Waals surface area contributed by atoms with Gasteiger partial charge in [0.1, 0.15) is 0 Å². The van der Waals surface area contributed by atoms with Crippen LogP contribution in [0.5, 0.6) is 0 Å². The first-order valence-electron chi connectivity index (χ1n) is 5.49. The van der Waals surface area contributed by atoms with Crippen LogP contribution < -0.4 is 5.32 Å². The normalized spacial score (nSPS) is 10.9. The third kappa shape index (κ3) is 2.71. The van der Waals surface area contributed by atoms with E-state index in [4.69, 9.17) is 0 Å². The first-order valence-corrected chi connectivity index (χ1v) is 7.98. The highest BCUT2D eigenvalue weighted by Crippen LogP contribution is 2.28. The molecular formula is C12H10BrN3S2. The average molecular weight is 340 g/mol. The number of nitrogens with zero attached hydrogens (tertiary/aromatic N) is 2. The molecule has 18 heavy (non-hydrogen) atoms. The van der Waals surface area contributed by atoms with Crippen LogP contribution in [0.25, 0.3) is 10.2 Å². The molecule has 0 aliphatic rings. The molecule has 0 bridgehead atoms. The molecule has 0 fully saturated rings. The molecule has 92 valence electrons. The van der Waals surface area contributed by atoms with Gasteiger partial charge >= 0.3 is 0 Å². The summed E-state index contributed by atoms with van der Waals surface area (Å²) in [5, 5.41) is 7.49. The largest absolute Gasteiger partial charge is 0.361 e. The Labute approximate surface area is 121 Å². The second-order valence-corrected chi connectivity index (χ2v) is 6.66. The van der Waals surface area contributed by atoms with Crippen LogP contribution in [-0.4, -0.2) is 16.5 Å². The number of anilines is 1. The highest BCUT2D eigenvalue weighted by atomic mass is 79.9. The lowest BCUT2D eigenvalue weighted by molar-refractivity contribution is 0.996. The minimum absolute atomic E-state index is 0.870. The van der Waals surface area contributed by atoms with Crippen LogP contribution in [0.4, 0.5) is 5.13 Å². The maximum absolute atomic E-state index is 4.54. The molecule has 6 heteroatoms. The van der Waals surface area contributed by atoms with Crippen LogP contribution in [-0.2, 0) is 6.42 Å². The minimum Gasteiger partial charge on any atom is -0.361 e. The molecular weight excluding hydrogens is 330 g/mol. The van der Waals surface area contributed by atoms with Crippen molar-refractivity contribution in [1.29, 1.82) is 0 Å². The van der Waals surface area contributed by atoms with Crippen molar-refractivity contribution in [2.45, 2.75) is 6.42 Å². The van der Waals surface area contributed by atoms with Gasteiger partial charge in [0.05, 0.1) is 15.2 Å². The third-order valence-electron chi connectivity index (χ3n) is 2.45. The van der Waals surface area contributed by atoms with E-state index < -0.39 is 0 Å². The molecule has 1 aromatic carbocycles. The molecule has 3 nitrogen and oxygen atoms in total. The van der Waals surface area contributed by atoms with E-state index in [2.05, 4.69) is 37.3 Å². The SMILES string of the molecule is Brc1ccc2nc(NCCc3nccs3)sc2c1. The van der Waals surface area contributed by atoms with Gasteiger partial charge in [-0.2, -0.15) is 0 Å². The van der Waals surface area contributed by atoms with Gasteiger partial charge in [0.25, 0.3) is 0 Å². The van der Waals surface area contributed by atoms with E-state index in [1.54, 1.807) is 22.7 Å². The summed E-state index contributed by atoms with van der Waals surface area (Å²) in [6.07, 6.45) is 2.78. The molecule has 0 unspecified atom stereocenters. The summed E-state index contributed by atoms with van der Waals surface area (Å²) in [4.78, 5) is 8.80. The molecule has 0 spiro atoms. The van der Waals surface area contributed by atoms with E-state index in [0.29, 0.717) is 0 Å². The Morgan fingerprint density at radius 1 is 1.33 bits per heavy atom. The molecule has 0 amide bonds. The van der Waals surface area contributed by atoms with Crippen molar-refractivity contribution in [2.24, 2.45) is 0 Å². The summed E-state index contributed by atoms with van der Waals surface area (Å²) < 4.78 is 2.29. The van der Waals surface area contributed by atoms with Crippen molar-refractivity contribution in [2.75, 3.05) is 11.9 Å². The van der Waals surface area contributed by atoms with Crippen LogP contribution in [0.3, 0.4) is 0 Å². The van der Waals surface area contributed by atoms with Gasteiger partial charge in [-0.25, -0.2) is 9.97 Å². The van der Waals surface area contributed by atoms with Gasteiger partial charge in [0.2, 0.25) is 0 Å². The van der Waals surface area contributed by atoms with Gasteiger partial charge in [-0.1, -0.05) is 27.3 Å². The Hall–Kier alpha value is -0.980. The fourth-order valence-corrected chi connectivity index (χ4v) is 3.69. The van der Waals surface area contributed by atoms with E-state index in [-0.39, 0.29) is 0 Å². The first kappa shape index (κ1) is 12.1. The summed E-state index contributed by atoms with van der Waals surface area (Å²) in [6.45, 7) is 0.870. The predicted molar refractivity (Wildman–Crippen MR) is 81.6 cm³/mol. The lowest BCUT2D eigenvalue weighted by Gasteiger charge is -1.98. The molecule has 1 N–H and O–H groups in total. The Morgan fingerprint density at radius 2 is 2.28 bits per heavy atom. The van der Waals surface area contributed by atoms with Gasteiger partial charge in [-0.05, 0) is 18.2 Å². The van der Waals surface area contributed by atoms with Crippen molar-refractivity contribution < 1.29 is 0 Å².